The number of rotatable bonds is 11. The highest BCUT2D eigenvalue weighted by molar-refractivity contribution is 4.75. The van der Waals surface area contributed by atoms with Crippen molar-refractivity contribution in [3.05, 3.63) is 0 Å². The maximum Gasteiger partial charge on any atom is 0.0575 e. The Labute approximate surface area is 152 Å². The van der Waals surface area contributed by atoms with Gasteiger partial charge in [0.1, 0.15) is 0 Å². The van der Waals surface area contributed by atoms with E-state index in [1.807, 2.05) is 0 Å². The second-order valence-electron chi connectivity index (χ2n) is 9.01. The molecule has 1 nitrogen and oxygen atoms in total. The fourth-order valence-electron chi connectivity index (χ4n) is 4.75. The second-order valence-corrected chi connectivity index (χ2v) is 9.01. The summed E-state index contributed by atoms with van der Waals surface area (Å²) >= 11 is 0. The molecule has 2 aliphatic rings. The molecule has 2 aliphatic carbocycles. The normalized spacial score (nSPS) is 31.2. The zero-order chi connectivity index (χ0) is 17.0. The van der Waals surface area contributed by atoms with E-state index in [1.54, 1.807) is 0 Å². The predicted molar refractivity (Wildman–Crippen MR) is 105 cm³/mol. The summed E-state index contributed by atoms with van der Waals surface area (Å²) in [4.78, 5) is 0. The molecule has 0 aromatic rings. The average Bonchev–Trinajstić information content (AvgIpc) is 2.61. The largest absolute Gasteiger partial charge is 0.378 e. The van der Waals surface area contributed by atoms with Crippen LogP contribution in [0.1, 0.15) is 117 Å². The van der Waals surface area contributed by atoms with E-state index >= 15 is 0 Å². The molecule has 1 heteroatoms. The van der Waals surface area contributed by atoms with E-state index < -0.39 is 0 Å². The van der Waals surface area contributed by atoms with Gasteiger partial charge in [-0.25, -0.2) is 0 Å². The van der Waals surface area contributed by atoms with Crippen molar-refractivity contribution < 1.29 is 4.74 Å². The molecule has 0 aromatic carbocycles. The molecular formula is C23H44O. The van der Waals surface area contributed by atoms with Crippen molar-refractivity contribution in [1.29, 1.82) is 0 Å². The Balaban J connectivity index is 1.43. The van der Waals surface area contributed by atoms with Gasteiger partial charge in [-0.3, -0.25) is 0 Å². The van der Waals surface area contributed by atoms with Gasteiger partial charge in [-0.2, -0.15) is 0 Å². The number of ether oxygens (including phenoxy) is 1. The lowest BCUT2D eigenvalue weighted by molar-refractivity contribution is -0.00841. The summed E-state index contributed by atoms with van der Waals surface area (Å²) in [5.74, 6) is 2.84. The fraction of sp³-hybridized carbons (Fsp3) is 1.00. The lowest BCUT2D eigenvalue weighted by Crippen LogP contribution is -2.25. The molecule has 2 rings (SSSR count). The zero-order valence-corrected chi connectivity index (χ0v) is 16.7. The average molecular weight is 337 g/mol. The molecule has 142 valence electrons. The molecular weight excluding hydrogens is 292 g/mol. The van der Waals surface area contributed by atoms with E-state index in [0.717, 1.165) is 24.4 Å². The smallest absolute Gasteiger partial charge is 0.0575 e. The van der Waals surface area contributed by atoms with E-state index in [2.05, 4.69) is 13.8 Å². The molecule has 24 heavy (non-hydrogen) atoms. The van der Waals surface area contributed by atoms with Crippen molar-refractivity contribution in [2.75, 3.05) is 6.61 Å². The van der Waals surface area contributed by atoms with E-state index in [4.69, 9.17) is 4.74 Å². The van der Waals surface area contributed by atoms with Gasteiger partial charge in [-0.05, 0) is 56.3 Å². The van der Waals surface area contributed by atoms with Crippen LogP contribution < -0.4 is 0 Å². The molecule has 0 aromatic heterocycles. The van der Waals surface area contributed by atoms with Crippen LogP contribution in [0.3, 0.4) is 0 Å². The van der Waals surface area contributed by atoms with Gasteiger partial charge in [-0.15, -0.1) is 0 Å². The maximum atomic E-state index is 6.25. The van der Waals surface area contributed by atoms with Crippen molar-refractivity contribution in [1.82, 2.24) is 0 Å². The van der Waals surface area contributed by atoms with Crippen LogP contribution >= 0.6 is 0 Å². The highest BCUT2D eigenvalue weighted by atomic mass is 16.5. The van der Waals surface area contributed by atoms with Crippen LogP contribution in [0.25, 0.3) is 0 Å². The van der Waals surface area contributed by atoms with Gasteiger partial charge in [0, 0.05) is 6.61 Å². The maximum absolute atomic E-state index is 6.25. The summed E-state index contributed by atoms with van der Waals surface area (Å²) in [6, 6.07) is 0. The van der Waals surface area contributed by atoms with Crippen LogP contribution in [-0.2, 0) is 4.74 Å². The van der Waals surface area contributed by atoms with E-state index in [-0.39, 0.29) is 0 Å². The van der Waals surface area contributed by atoms with Crippen molar-refractivity contribution in [2.24, 2.45) is 17.8 Å². The summed E-state index contributed by atoms with van der Waals surface area (Å²) in [6.07, 6.45) is 23.5. The van der Waals surface area contributed by atoms with E-state index in [1.165, 1.54) is 103 Å². The van der Waals surface area contributed by atoms with E-state index in [9.17, 15) is 0 Å². The minimum absolute atomic E-state index is 0.589. The Bertz CT molecular complexity index is 284. The molecule has 0 bridgehead atoms. The molecule has 0 amide bonds. The Kier molecular flexibility index (Phi) is 10.4. The van der Waals surface area contributed by atoms with Crippen LogP contribution in [0.2, 0.25) is 0 Å². The molecule has 0 saturated heterocycles. The molecule has 0 spiro atoms. The molecule has 2 fully saturated rings. The first-order valence-electron chi connectivity index (χ1n) is 11.4. The number of unbranched alkanes of at least 4 members (excludes halogenated alkanes) is 6. The topological polar surface area (TPSA) is 9.23 Å². The molecule has 0 aliphatic heterocycles. The van der Waals surface area contributed by atoms with Crippen LogP contribution in [0.15, 0.2) is 0 Å². The summed E-state index contributed by atoms with van der Waals surface area (Å²) in [5.41, 5.74) is 0. The van der Waals surface area contributed by atoms with Gasteiger partial charge in [0.05, 0.1) is 6.10 Å². The van der Waals surface area contributed by atoms with Crippen molar-refractivity contribution in [3.63, 3.8) is 0 Å². The standard InChI is InChI=1S/C23H44O/c1-3-4-5-6-7-8-9-10-21-13-15-22(16-14-21)19-24-23-17-11-20(2)12-18-23/h20-23H,3-19H2,1-2H3/t20-,21-,22-,23-. The highest BCUT2D eigenvalue weighted by Crippen LogP contribution is 2.33. The lowest BCUT2D eigenvalue weighted by atomic mass is 9.80. The van der Waals surface area contributed by atoms with Crippen LogP contribution in [-0.4, -0.2) is 12.7 Å². The van der Waals surface area contributed by atoms with Gasteiger partial charge in [-0.1, -0.05) is 78.1 Å². The highest BCUT2D eigenvalue weighted by Gasteiger charge is 2.23. The molecule has 0 unspecified atom stereocenters. The first-order chi connectivity index (χ1) is 11.8. The minimum atomic E-state index is 0.589. The van der Waals surface area contributed by atoms with E-state index in [0.29, 0.717) is 6.10 Å². The molecule has 0 atom stereocenters. The van der Waals surface area contributed by atoms with Crippen molar-refractivity contribution >= 4 is 0 Å². The Morgan fingerprint density at radius 1 is 0.667 bits per heavy atom. The van der Waals surface area contributed by atoms with Crippen molar-refractivity contribution in [3.8, 4) is 0 Å². The summed E-state index contributed by atoms with van der Waals surface area (Å²) in [7, 11) is 0. The summed E-state index contributed by atoms with van der Waals surface area (Å²) in [5, 5.41) is 0. The molecule has 0 radical (unpaired) electrons. The Morgan fingerprint density at radius 3 is 1.92 bits per heavy atom. The quantitative estimate of drug-likeness (QED) is 0.354. The first kappa shape index (κ1) is 20.3. The third-order valence-electron chi connectivity index (χ3n) is 6.71. The third-order valence-corrected chi connectivity index (χ3v) is 6.71. The number of hydrogen-bond donors (Lipinski definition) is 0. The molecule has 2 saturated carbocycles. The fourth-order valence-corrected chi connectivity index (χ4v) is 4.75. The monoisotopic (exact) mass is 336 g/mol. The lowest BCUT2D eigenvalue weighted by Gasteiger charge is -2.31. The predicted octanol–water partition coefficient (Wildman–Crippen LogP) is 7.53. The minimum Gasteiger partial charge on any atom is -0.378 e. The van der Waals surface area contributed by atoms with Gasteiger partial charge < -0.3 is 4.74 Å². The zero-order valence-electron chi connectivity index (χ0n) is 16.7. The van der Waals surface area contributed by atoms with Gasteiger partial charge in [0.25, 0.3) is 0 Å². The SMILES string of the molecule is CCCCCCCCC[C@H]1CC[C@H](CO[C@H]2CC[C@H](C)CC2)CC1. The summed E-state index contributed by atoms with van der Waals surface area (Å²) in [6.45, 7) is 5.75. The number of hydrogen-bond acceptors (Lipinski definition) is 1. The molecule has 0 N–H and O–H groups in total. The van der Waals surface area contributed by atoms with Gasteiger partial charge in [0.15, 0.2) is 0 Å². The first-order valence-corrected chi connectivity index (χ1v) is 11.4. The Morgan fingerprint density at radius 2 is 1.25 bits per heavy atom. The van der Waals surface area contributed by atoms with Gasteiger partial charge >= 0.3 is 0 Å². The van der Waals surface area contributed by atoms with Crippen LogP contribution in [0, 0.1) is 17.8 Å². The van der Waals surface area contributed by atoms with Gasteiger partial charge in [0.2, 0.25) is 0 Å². The third kappa shape index (κ3) is 8.37. The van der Waals surface area contributed by atoms with Crippen LogP contribution in [0.4, 0.5) is 0 Å². The summed E-state index contributed by atoms with van der Waals surface area (Å²) < 4.78 is 6.25. The van der Waals surface area contributed by atoms with Crippen LogP contribution in [0.5, 0.6) is 0 Å². The van der Waals surface area contributed by atoms with Crippen molar-refractivity contribution in [2.45, 2.75) is 123 Å². The Hall–Kier alpha value is -0.0400. The second kappa shape index (κ2) is 12.3. The molecule has 0 heterocycles.